The number of aryl methyl sites for hydroxylation is 2. The standard InChI is InChI=1S/C16H20N2OS/c1-2-8-18-9-7-17-16(18)11-14(19)12-4-3-5-15-13(12)6-10-20-15/h6-7,9-10,12H,2-5,8,11H2,1H3. The molecule has 4 heteroatoms. The van der Waals surface area contributed by atoms with Gasteiger partial charge in [0.1, 0.15) is 11.6 Å². The lowest BCUT2D eigenvalue weighted by molar-refractivity contribution is -0.120. The smallest absolute Gasteiger partial charge is 0.147 e. The van der Waals surface area contributed by atoms with Crippen molar-refractivity contribution in [3.05, 3.63) is 40.1 Å². The van der Waals surface area contributed by atoms with E-state index in [1.54, 1.807) is 17.5 Å². The molecule has 2 heterocycles. The second-order valence-corrected chi connectivity index (χ2v) is 6.42. The van der Waals surface area contributed by atoms with Crippen molar-refractivity contribution in [1.29, 1.82) is 0 Å². The Morgan fingerprint density at radius 1 is 1.55 bits per heavy atom. The van der Waals surface area contributed by atoms with Crippen LogP contribution in [-0.2, 0) is 24.2 Å². The lowest BCUT2D eigenvalue weighted by Crippen LogP contribution is -2.20. The Bertz CT molecular complexity index is 599. The number of carbonyl (C=O) groups excluding carboxylic acids is 1. The van der Waals surface area contributed by atoms with Crippen LogP contribution in [0.15, 0.2) is 23.8 Å². The molecule has 2 aromatic heterocycles. The fraction of sp³-hybridized carbons (Fsp3) is 0.500. The summed E-state index contributed by atoms with van der Waals surface area (Å²) in [4.78, 5) is 18.4. The predicted molar refractivity (Wildman–Crippen MR) is 81.2 cm³/mol. The van der Waals surface area contributed by atoms with Gasteiger partial charge in [-0.05, 0) is 42.7 Å². The molecular weight excluding hydrogens is 268 g/mol. The lowest BCUT2D eigenvalue weighted by Gasteiger charge is -2.21. The van der Waals surface area contributed by atoms with Crippen LogP contribution in [-0.4, -0.2) is 15.3 Å². The van der Waals surface area contributed by atoms with Crippen molar-refractivity contribution < 1.29 is 4.79 Å². The Balaban J connectivity index is 1.76. The number of nitrogens with zero attached hydrogens (tertiary/aromatic N) is 2. The van der Waals surface area contributed by atoms with Crippen molar-refractivity contribution >= 4 is 17.1 Å². The average molecular weight is 288 g/mol. The minimum atomic E-state index is 0.0942. The molecule has 1 aliphatic carbocycles. The van der Waals surface area contributed by atoms with Crippen molar-refractivity contribution in [1.82, 2.24) is 9.55 Å². The van der Waals surface area contributed by atoms with Crippen LogP contribution in [0.4, 0.5) is 0 Å². The summed E-state index contributed by atoms with van der Waals surface area (Å²) in [7, 11) is 0. The fourth-order valence-corrected chi connectivity index (χ4v) is 4.04. The Morgan fingerprint density at radius 2 is 2.45 bits per heavy atom. The molecule has 0 fully saturated rings. The molecule has 2 aromatic rings. The van der Waals surface area contributed by atoms with E-state index >= 15 is 0 Å². The van der Waals surface area contributed by atoms with Gasteiger partial charge in [0.25, 0.3) is 0 Å². The molecule has 1 aliphatic rings. The van der Waals surface area contributed by atoms with Crippen molar-refractivity contribution in [2.75, 3.05) is 0 Å². The SMILES string of the molecule is CCCn1ccnc1CC(=O)C1CCCc2sccc21. The Hall–Kier alpha value is -1.42. The number of aromatic nitrogens is 2. The van der Waals surface area contributed by atoms with E-state index in [4.69, 9.17) is 0 Å². The lowest BCUT2D eigenvalue weighted by atomic mass is 9.84. The summed E-state index contributed by atoms with van der Waals surface area (Å²) < 4.78 is 2.11. The normalized spacial score (nSPS) is 17.9. The summed E-state index contributed by atoms with van der Waals surface area (Å²) in [6.45, 7) is 3.08. The second kappa shape index (κ2) is 5.92. The van der Waals surface area contributed by atoms with Gasteiger partial charge < -0.3 is 4.57 Å². The summed E-state index contributed by atoms with van der Waals surface area (Å²) >= 11 is 1.79. The van der Waals surface area contributed by atoms with E-state index in [0.717, 1.165) is 38.1 Å². The third-order valence-corrected chi connectivity index (χ3v) is 5.04. The molecule has 0 spiro atoms. The van der Waals surface area contributed by atoms with E-state index in [9.17, 15) is 4.79 Å². The number of ketones is 1. The Labute approximate surface area is 123 Å². The molecule has 0 saturated heterocycles. The van der Waals surface area contributed by atoms with Crippen LogP contribution < -0.4 is 0 Å². The monoisotopic (exact) mass is 288 g/mol. The summed E-state index contributed by atoms with van der Waals surface area (Å²) in [5, 5.41) is 2.12. The van der Waals surface area contributed by atoms with Crippen LogP contribution in [0.5, 0.6) is 0 Å². The van der Waals surface area contributed by atoms with E-state index in [1.807, 2.05) is 6.20 Å². The van der Waals surface area contributed by atoms with Gasteiger partial charge in [-0.2, -0.15) is 0 Å². The van der Waals surface area contributed by atoms with E-state index in [2.05, 4.69) is 27.9 Å². The third-order valence-electron chi connectivity index (χ3n) is 4.04. The number of thiophene rings is 1. The van der Waals surface area contributed by atoms with Gasteiger partial charge in [-0.3, -0.25) is 4.79 Å². The highest BCUT2D eigenvalue weighted by Crippen LogP contribution is 2.35. The van der Waals surface area contributed by atoms with E-state index in [-0.39, 0.29) is 5.92 Å². The summed E-state index contributed by atoms with van der Waals surface area (Å²) in [5.41, 5.74) is 1.28. The summed E-state index contributed by atoms with van der Waals surface area (Å²) in [5.74, 6) is 1.34. The molecule has 106 valence electrons. The molecule has 0 aliphatic heterocycles. The van der Waals surface area contributed by atoms with Crippen molar-refractivity contribution in [2.45, 2.75) is 51.5 Å². The number of hydrogen-bond donors (Lipinski definition) is 0. The first-order valence-electron chi connectivity index (χ1n) is 7.38. The van der Waals surface area contributed by atoms with Crippen molar-refractivity contribution in [3.63, 3.8) is 0 Å². The van der Waals surface area contributed by atoms with Gasteiger partial charge in [0, 0.05) is 29.7 Å². The number of carbonyl (C=O) groups is 1. The average Bonchev–Trinajstić information content (AvgIpc) is 3.08. The molecule has 0 saturated carbocycles. The van der Waals surface area contributed by atoms with Crippen LogP contribution in [0.3, 0.4) is 0 Å². The molecule has 0 bridgehead atoms. The molecule has 1 unspecified atom stereocenters. The maximum Gasteiger partial charge on any atom is 0.147 e. The topological polar surface area (TPSA) is 34.9 Å². The minimum absolute atomic E-state index is 0.0942. The number of fused-ring (bicyclic) bond motifs is 1. The zero-order chi connectivity index (χ0) is 13.9. The Morgan fingerprint density at radius 3 is 3.30 bits per heavy atom. The molecule has 0 N–H and O–H groups in total. The zero-order valence-corrected chi connectivity index (χ0v) is 12.7. The predicted octanol–water partition coefficient (Wildman–Crippen LogP) is 3.59. The molecule has 3 nitrogen and oxygen atoms in total. The molecule has 0 aromatic carbocycles. The first kappa shape index (κ1) is 13.6. The molecule has 1 atom stereocenters. The van der Waals surface area contributed by atoms with E-state index in [1.165, 1.54) is 10.4 Å². The quantitative estimate of drug-likeness (QED) is 0.842. The summed E-state index contributed by atoms with van der Waals surface area (Å²) in [6.07, 6.45) is 8.58. The van der Waals surface area contributed by atoms with Crippen molar-refractivity contribution in [3.8, 4) is 0 Å². The number of imidazole rings is 1. The van der Waals surface area contributed by atoms with Crippen LogP contribution in [0, 0.1) is 0 Å². The van der Waals surface area contributed by atoms with E-state index in [0.29, 0.717) is 12.2 Å². The van der Waals surface area contributed by atoms with Gasteiger partial charge in [-0.1, -0.05) is 6.92 Å². The fourth-order valence-electron chi connectivity index (χ4n) is 3.05. The highest BCUT2D eigenvalue weighted by molar-refractivity contribution is 7.10. The molecule has 3 rings (SSSR count). The maximum absolute atomic E-state index is 12.6. The van der Waals surface area contributed by atoms with Gasteiger partial charge in [0.05, 0.1) is 6.42 Å². The molecule has 20 heavy (non-hydrogen) atoms. The largest absolute Gasteiger partial charge is 0.335 e. The van der Waals surface area contributed by atoms with Gasteiger partial charge in [-0.15, -0.1) is 11.3 Å². The van der Waals surface area contributed by atoms with Crippen molar-refractivity contribution in [2.24, 2.45) is 0 Å². The highest BCUT2D eigenvalue weighted by Gasteiger charge is 2.27. The van der Waals surface area contributed by atoms with Crippen LogP contribution in [0.25, 0.3) is 0 Å². The van der Waals surface area contributed by atoms with Crippen LogP contribution >= 0.6 is 11.3 Å². The number of Topliss-reactive ketones (excluding diaryl/α,β-unsaturated/α-hetero) is 1. The van der Waals surface area contributed by atoms with Crippen LogP contribution in [0.2, 0.25) is 0 Å². The minimum Gasteiger partial charge on any atom is -0.335 e. The second-order valence-electron chi connectivity index (χ2n) is 5.42. The number of rotatable bonds is 5. The molecule has 0 amide bonds. The van der Waals surface area contributed by atoms with Gasteiger partial charge in [-0.25, -0.2) is 4.98 Å². The van der Waals surface area contributed by atoms with Gasteiger partial charge >= 0.3 is 0 Å². The van der Waals surface area contributed by atoms with Gasteiger partial charge in [0.2, 0.25) is 0 Å². The molecular formula is C16H20N2OS. The Kier molecular flexibility index (Phi) is 4.01. The summed E-state index contributed by atoms with van der Waals surface area (Å²) in [6, 6.07) is 2.14. The first-order chi connectivity index (χ1) is 9.79. The van der Waals surface area contributed by atoms with E-state index < -0.39 is 0 Å². The first-order valence-corrected chi connectivity index (χ1v) is 8.26. The zero-order valence-electron chi connectivity index (χ0n) is 11.8. The van der Waals surface area contributed by atoms with Gasteiger partial charge in [0.15, 0.2) is 0 Å². The maximum atomic E-state index is 12.6. The number of hydrogen-bond acceptors (Lipinski definition) is 3. The molecule has 0 radical (unpaired) electrons. The third kappa shape index (κ3) is 2.57. The van der Waals surface area contributed by atoms with Crippen LogP contribution in [0.1, 0.15) is 48.4 Å². The highest BCUT2D eigenvalue weighted by atomic mass is 32.1.